The van der Waals surface area contributed by atoms with Crippen LogP contribution in [0.25, 0.3) is 0 Å². The Morgan fingerprint density at radius 2 is 1.93 bits per heavy atom. The Morgan fingerprint density at radius 3 is 2.50 bits per heavy atom. The molecule has 0 heterocycles. The van der Waals surface area contributed by atoms with Crippen LogP contribution >= 0.6 is 0 Å². The van der Waals surface area contributed by atoms with Gasteiger partial charge in [0.05, 0.1) is 0 Å². The third kappa shape index (κ3) is 4.50. The van der Waals surface area contributed by atoms with Gasteiger partial charge in [0.15, 0.2) is 0 Å². The Kier molecular flexibility index (Phi) is 3.80. The highest BCUT2D eigenvalue weighted by atomic mass is 14.1. The van der Waals surface area contributed by atoms with Gasteiger partial charge in [0.1, 0.15) is 7.85 Å². The molecule has 0 saturated carbocycles. The van der Waals surface area contributed by atoms with Gasteiger partial charge < -0.3 is 0 Å². The standard InChI is InChI=1S/C13H19B/c1-13(2,3)9-5-7-11-6-4-8-12(14)10-11/h4,6,8,10H,5,7,9H2,1-3H3. The fourth-order valence-electron chi connectivity index (χ4n) is 1.57. The minimum atomic E-state index is 0.445. The van der Waals surface area contributed by atoms with Crippen LogP contribution < -0.4 is 5.46 Å². The molecule has 0 aliphatic heterocycles. The molecule has 0 amide bonds. The van der Waals surface area contributed by atoms with E-state index in [0.717, 1.165) is 11.9 Å². The highest BCUT2D eigenvalue weighted by molar-refractivity contribution is 6.32. The molecule has 0 atom stereocenters. The van der Waals surface area contributed by atoms with Gasteiger partial charge in [-0.1, -0.05) is 50.5 Å². The maximum absolute atomic E-state index is 5.72. The summed E-state index contributed by atoms with van der Waals surface area (Å²) in [6.45, 7) is 6.85. The quantitative estimate of drug-likeness (QED) is 0.636. The van der Waals surface area contributed by atoms with Crippen molar-refractivity contribution in [3.63, 3.8) is 0 Å². The van der Waals surface area contributed by atoms with Crippen molar-refractivity contribution in [2.45, 2.75) is 40.0 Å². The summed E-state index contributed by atoms with van der Waals surface area (Å²) >= 11 is 0. The van der Waals surface area contributed by atoms with Crippen LogP contribution in [0.5, 0.6) is 0 Å². The molecule has 1 rings (SSSR count). The van der Waals surface area contributed by atoms with Crippen LogP contribution in [-0.4, -0.2) is 7.85 Å². The fourth-order valence-corrected chi connectivity index (χ4v) is 1.57. The molecule has 0 fully saturated rings. The van der Waals surface area contributed by atoms with Gasteiger partial charge in [-0.2, -0.15) is 0 Å². The van der Waals surface area contributed by atoms with E-state index in [1.54, 1.807) is 0 Å². The first kappa shape index (κ1) is 11.4. The van der Waals surface area contributed by atoms with Gasteiger partial charge in [0.2, 0.25) is 0 Å². The molecule has 0 N–H and O–H groups in total. The molecule has 0 aliphatic rings. The first-order valence-corrected chi connectivity index (χ1v) is 5.32. The summed E-state index contributed by atoms with van der Waals surface area (Å²) in [5.41, 5.74) is 2.67. The molecule has 0 bridgehead atoms. The predicted octanol–water partition coefficient (Wildman–Crippen LogP) is 2.85. The normalized spacial score (nSPS) is 11.6. The maximum Gasteiger partial charge on any atom is 0.113 e. The second kappa shape index (κ2) is 4.68. The molecule has 0 aliphatic carbocycles. The van der Waals surface area contributed by atoms with E-state index in [4.69, 9.17) is 7.85 Å². The molecular formula is C13H19B. The van der Waals surface area contributed by atoms with E-state index in [1.165, 1.54) is 18.4 Å². The van der Waals surface area contributed by atoms with Crippen molar-refractivity contribution in [3.05, 3.63) is 29.8 Å². The largest absolute Gasteiger partial charge is 0.113 e. The third-order valence-corrected chi connectivity index (χ3v) is 2.34. The van der Waals surface area contributed by atoms with Gasteiger partial charge >= 0.3 is 0 Å². The van der Waals surface area contributed by atoms with Crippen LogP contribution in [0.1, 0.15) is 39.2 Å². The molecule has 1 aromatic carbocycles. The van der Waals surface area contributed by atoms with Gasteiger partial charge in [0.25, 0.3) is 0 Å². The summed E-state index contributed by atoms with van der Waals surface area (Å²) in [6, 6.07) is 8.19. The Morgan fingerprint density at radius 1 is 1.21 bits per heavy atom. The average Bonchev–Trinajstić information content (AvgIpc) is 2.01. The van der Waals surface area contributed by atoms with Crippen molar-refractivity contribution in [3.8, 4) is 0 Å². The smallest absolute Gasteiger partial charge is 0.0964 e. The summed E-state index contributed by atoms with van der Waals surface area (Å²) in [5.74, 6) is 0. The van der Waals surface area contributed by atoms with Crippen molar-refractivity contribution in [2.24, 2.45) is 5.41 Å². The van der Waals surface area contributed by atoms with Gasteiger partial charge in [0, 0.05) is 0 Å². The topological polar surface area (TPSA) is 0 Å². The van der Waals surface area contributed by atoms with Crippen LogP contribution in [-0.2, 0) is 6.42 Å². The Hall–Kier alpha value is -0.715. The molecule has 0 aromatic heterocycles. The second-order valence-electron chi connectivity index (χ2n) is 5.16. The van der Waals surface area contributed by atoms with Crippen LogP contribution in [0.2, 0.25) is 0 Å². The van der Waals surface area contributed by atoms with Crippen molar-refractivity contribution >= 4 is 13.3 Å². The van der Waals surface area contributed by atoms with E-state index in [2.05, 4.69) is 32.9 Å². The van der Waals surface area contributed by atoms with E-state index >= 15 is 0 Å². The van der Waals surface area contributed by atoms with E-state index < -0.39 is 0 Å². The first-order chi connectivity index (χ1) is 6.47. The summed E-state index contributed by atoms with van der Waals surface area (Å²) in [4.78, 5) is 0. The Labute approximate surface area is 89.1 Å². The lowest BCUT2D eigenvalue weighted by molar-refractivity contribution is 0.365. The molecule has 0 saturated heterocycles. The summed E-state index contributed by atoms with van der Waals surface area (Å²) in [5, 5.41) is 0. The lowest BCUT2D eigenvalue weighted by Crippen LogP contribution is -2.06. The van der Waals surface area contributed by atoms with Crippen molar-refractivity contribution < 1.29 is 0 Å². The van der Waals surface area contributed by atoms with E-state index in [1.807, 2.05) is 12.1 Å². The minimum Gasteiger partial charge on any atom is -0.0964 e. The summed E-state index contributed by atoms with van der Waals surface area (Å²) in [6.07, 6.45) is 3.65. The Bertz CT molecular complexity index is 284. The van der Waals surface area contributed by atoms with E-state index in [-0.39, 0.29) is 0 Å². The third-order valence-electron chi connectivity index (χ3n) is 2.34. The van der Waals surface area contributed by atoms with Gasteiger partial charge in [-0.15, -0.1) is 0 Å². The van der Waals surface area contributed by atoms with Crippen LogP contribution in [0.15, 0.2) is 24.3 Å². The van der Waals surface area contributed by atoms with Crippen molar-refractivity contribution in [1.82, 2.24) is 0 Å². The van der Waals surface area contributed by atoms with E-state index in [0.29, 0.717) is 5.41 Å². The molecule has 1 heteroatoms. The summed E-state index contributed by atoms with van der Waals surface area (Å²) in [7, 11) is 5.72. The number of aryl methyl sites for hydroxylation is 1. The minimum absolute atomic E-state index is 0.445. The Balaban J connectivity index is 2.39. The zero-order chi connectivity index (χ0) is 10.6. The molecule has 0 spiro atoms. The van der Waals surface area contributed by atoms with Crippen LogP contribution in [0.3, 0.4) is 0 Å². The number of benzene rings is 1. The highest BCUT2D eigenvalue weighted by Gasteiger charge is 2.08. The van der Waals surface area contributed by atoms with E-state index in [9.17, 15) is 0 Å². The second-order valence-corrected chi connectivity index (χ2v) is 5.16. The molecule has 74 valence electrons. The molecule has 0 unspecified atom stereocenters. The van der Waals surface area contributed by atoms with Crippen LogP contribution in [0.4, 0.5) is 0 Å². The fraction of sp³-hybridized carbons (Fsp3) is 0.538. The van der Waals surface area contributed by atoms with Gasteiger partial charge in [-0.25, -0.2) is 0 Å². The molecule has 14 heavy (non-hydrogen) atoms. The summed E-state index contributed by atoms with van der Waals surface area (Å²) < 4.78 is 0. The highest BCUT2D eigenvalue weighted by Crippen LogP contribution is 2.21. The monoisotopic (exact) mass is 186 g/mol. The van der Waals surface area contributed by atoms with Gasteiger partial charge in [-0.3, -0.25) is 0 Å². The lowest BCUT2D eigenvalue weighted by Gasteiger charge is -2.17. The molecule has 2 radical (unpaired) electrons. The maximum atomic E-state index is 5.72. The predicted molar refractivity (Wildman–Crippen MR) is 64.2 cm³/mol. The van der Waals surface area contributed by atoms with Crippen molar-refractivity contribution in [2.75, 3.05) is 0 Å². The molecule has 1 aromatic rings. The average molecular weight is 186 g/mol. The lowest BCUT2D eigenvalue weighted by atomic mass is 9.88. The van der Waals surface area contributed by atoms with Crippen LogP contribution in [0, 0.1) is 5.41 Å². The SMILES string of the molecule is [B]c1cccc(CCCC(C)(C)C)c1. The zero-order valence-corrected chi connectivity index (χ0v) is 9.51. The molecular weight excluding hydrogens is 167 g/mol. The number of rotatable bonds is 3. The zero-order valence-electron chi connectivity index (χ0n) is 9.51. The molecule has 0 nitrogen and oxygen atoms in total. The number of hydrogen-bond acceptors (Lipinski definition) is 0. The number of hydrogen-bond donors (Lipinski definition) is 0. The first-order valence-electron chi connectivity index (χ1n) is 5.32. The van der Waals surface area contributed by atoms with Crippen molar-refractivity contribution in [1.29, 1.82) is 0 Å². The van der Waals surface area contributed by atoms with Gasteiger partial charge in [-0.05, 0) is 30.2 Å².